The summed E-state index contributed by atoms with van der Waals surface area (Å²) in [5.41, 5.74) is 0.496. The Balaban J connectivity index is 2.79. The molecule has 0 saturated heterocycles. The predicted molar refractivity (Wildman–Crippen MR) is 58.3 cm³/mol. The van der Waals surface area contributed by atoms with Gasteiger partial charge in [-0.25, -0.2) is 4.98 Å². The molecule has 1 heterocycles. The normalized spacial score (nSPS) is 12.4. The highest BCUT2D eigenvalue weighted by atomic mass is 16.4. The first kappa shape index (κ1) is 12.4. The van der Waals surface area contributed by atoms with Crippen molar-refractivity contribution in [2.45, 2.75) is 33.2 Å². The second-order valence-electron chi connectivity index (χ2n) is 3.84. The standard InChI is InChI=1S/C11H16N2O3/c1-3-4-13-7-12-6-9(13)11(16)8(2)5-10(14)15/h6-8H,3-5H2,1-2H3,(H,14,15). The highest BCUT2D eigenvalue weighted by molar-refractivity contribution is 5.97. The van der Waals surface area contributed by atoms with Gasteiger partial charge in [0.2, 0.25) is 0 Å². The van der Waals surface area contributed by atoms with E-state index in [0.29, 0.717) is 5.69 Å². The summed E-state index contributed by atoms with van der Waals surface area (Å²) in [5, 5.41) is 8.63. The number of hydrogen-bond donors (Lipinski definition) is 1. The van der Waals surface area contributed by atoms with E-state index in [1.165, 1.54) is 6.20 Å². The maximum Gasteiger partial charge on any atom is 0.304 e. The maximum absolute atomic E-state index is 11.9. The average molecular weight is 224 g/mol. The predicted octanol–water partition coefficient (Wildman–Crippen LogP) is 1.59. The van der Waals surface area contributed by atoms with E-state index in [9.17, 15) is 9.59 Å². The molecule has 16 heavy (non-hydrogen) atoms. The Kier molecular flexibility index (Phi) is 4.22. The van der Waals surface area contributed by atoms with Crippen LogP contribution in [0.2, 0.25) is 0 Å². The van der Waals surface area contributed by atoms with E-state index in [1.807, 2.05) is 6.92 Å². The summed E-state index contributed by atoms with van der Waals surface area (Å²) >= 11 is 0. The molecule has 88 valence electrons. The largest absolute Gasteiger partial charge is 0.481 e. The molecule has 0 aliphatic rings. The summed E-state index contributed by atoms with van der Waals surface area (Å²) in [5.74, 6) is -1.62. The number of rotatable bonds is 6. The first-order chi connectivity index (χ1) is 7.56. The van der Waals surface area contributed by atoms with Crippen LogP contribution in [-0.2, 0) is 11.3 Å². The molecular formula is C11H16N2O3. The Bertz CT molecular complexity index is 384. The van der Waals surface area contributed by atoms with Gasteiger partial charge in [-0.15, -0.1) is 0 Å². The molecule has 1 N–H and O–H groups in total. The van der Waals surface area contributed by atoms with Crippen molar-refractivity contribution in [3.63, 3.8) is 0 Å². The summed E-state index contributed by atoms with van der Waals surface area (Å²) in [6, 6.07) is 0. The monoisotopic (exact) mass is 224 g/mol. The lowest BCUT2D eigenvalue weighted by molar-refractivity contribution is -0.137. The third-order valence-corrected chi connectivity index (χ3v) is 2.36. The SMILES string of the molecule is CCCn1cncc1C(=O)C(C)CC(=O)O. The Morgan fingerprint density at radius 2 is 2.25 bits per heavy atom. The van der Waals surface area contributed by atoms with Crippen LogP contribution in [0.5, 0.6) is 0 Å². The van der Waals surface area contributed by atoms with Gasteiger partial charge in [-0.1, -0.05) is 13.8 Å². The third kappa shape index (κ3) is 2.92. The minimum absolute atomic E-state index is 0.143. The van der Waals surface area contributed by atoms with Crippen LogP contribution in [0.25, 0.3) is 0 Å². The first-order valence-electron chi connectivity index (χ1n) is 5.32. The van der Waals surface area contributed by atoms with Gasteiger partial charge in [0.05, 0.1) is 18.9 Å². The van der Waals surface area contributed by atoms with E-state index < -0.39 is 11.9 Å². The van der Waals surface area contributed by atoms with Crippen molar-refractivity contribution in [2.75, 3.05) is 0 Å². The molecule has 1 aromatic rings. The summed E-state index contributed by atoms with van der Waals surface area (Å²) in [6.45, 7) is 4.36. The Hall–Kier alpha value is -1.65. The van der Waals surface area contributed by atoms with Crippen LogP contribution in [0, 0.1) is 5.92 Å². The molecule has 1 aromatic heterocycles. The minimum atomic E-state index is -0.956. The van der Waals surface area contributed by atoms with Crippen molar-refractivity contribution in [3.8, 4) is 0 Å². The molecule has 5 nitrogen and oxygen atoms in total. The van der Waals surface area contributed by atoms with E-state index in [0.717, 1.165) is 13.0 Å². The Morgan fingerprint density at radius 1 is 1.56 bits per heavy atom. The molecular weight excluding hydrogens is 208 g/mol. The number of carboxylic acid groups (broad SMARTS) is 1. The van der Waals surface area contributed by atoms with Crippen LogP contribution in [-0.4, -0.2) is 26.4 Å². The molecule has 0 bridgehead atoms. The van der Waals surface area contributed by atoms with Gasteiger partial charge in [0.1, 0.15) is 5.69 Å². The summed E-state index contributed by atoms with van der Waals surface area (Å²) in [7, 11) is 0. The zero-order valence-electron chi connectivity index (χ0n) is 9.51. The number of Topliss-reactive ketones (excluding diaryl/α,β-unsaturated/α-hetero) is 1. The number of ketones is 1. The van der Waals surface area contributed by atoms with Crippen molar-refractivity contribution in [1.82, 2.24) is 9.55 Å². The average Bonchev–Trinajstić information content (AvgIpc) is 2.64. The van der Waals surface area contributed by atoms with Crippen LogP contribution in [0.1, 0.15) is 37.2 Å². The number of carboxylic acids is 1. The Morgan fingerprint density at radius 3 is 2.81 bits per heavy atom. The Labute approximate surface area is 94.1 Å². The lowest BCUT2D eigenvalue weighted by Gasteiger charge is -2.09. The van der Waals surface area contributed by atoms with E-state index >= 15 is 0 Å². The summed E-state index contributed by atoms with van der Waals surface area (Å²) in [6.07, 6.45) is 3.86. The molecule has 0 aromatic carbocycles. The van der Waals surface area contributed by atoms with Crippen molar-refractivity contribution in [3.05, 3.63) is 18.2 Å². The van der Waals surface area contributed by atoms with Crippen LogP contribution < -0.4 is 0 Å². The molecule has 0 radical (unpaired) electrons. The van der Waals surface area contributed by atoms with E-state index in [-0.39, 0.29) is 12.2 Å². The fourth-order valence-electron chi connectivity index (χ4n) is 1.55. The summed E-state index contributed by atoms with van der Waals surface area (Å²) < 4.78 is 1.76. The first-order valence-corrected chi connectivity index (χ1v) is 5.32. The zero-order chi connectivity index (χ0) is 12.1. The topological polar surface area (TPSA) is 72.2 Å². The van der Waals surface area contributed by atoms with Gasteiger partial charge in [0.15, 0.2) is 5.78 Å². The van der Waals surface area contributed by atoms with E-state index in [1.54, 1.807) is 17.8 Å². The molecule has 1 atom stereocenters. The molecule has 1 unspecified atom stereocenters. The highest BCUT2D eigenvalue weighted by Gasteiger charge is 2.21. The van der Waals surface area contributed by atoms with Crippen LogP contribution in [0.4, 0.5) is 0 Å². The van der Waals surface area contributed by atoms with Crippen LogP contribution in [0.3, 0.4) is 0 Å². The molecule has 0 aliphatic carbocycles. The number of nitrogens with zero attached hydrogens (tertiary/aromatic N) is 2. The lowest BCUT2D eigenvalue weighted by Crippen LogP contribution is -2.18. The van der Waals surface area contributed by atoms with E-state index in [4.69, 9.17) is 5.11 Å². The van der Waals surface area contributed by atoms with Gasteiger partial charge in [-0.2, -0.15) is 0 Å². The smallest absolute Gasteiger partial charge is 0.304 e. The zero-order valence-corrected chi connectivity index (χ0v) is 9.51. The van der Waals surface area contributed by atoms with E-state index in [2.05, 4.69) is 4.98 Å². The molecule has 0 saturated carbocycles. The van der Waals surface area contributed by atoms with Gasteiger partial charge in [0, 0.05) is 12.5 Å². The number of imidazole rings is 1. The second-order valence-corrected chi connectivity index (χ2v) is 3.84. The number of carbonyl (C=O) groups excluding carboxylic acids is 1. The molecule has 0 amide bonds. The van der Waals surface area contributed by atoms with Crippen molar-refractivity contribution in [2.24, 2.45) is 5.92 Å². The van der Waals surface area contributed by atoms with Crippen molar-refractivity contribution >= 4 is 11.8 Å². The lowest BCUT2D eigenvalue weighted by atomic mass is 10.0. The summed E-state index contributed by atoms with van der Waals surface area (Å²) in [4.78, 5) is 26.4. The van der Waals surface area contributed by atoms with Crippen LogP contribution >= 0.6 is 0 Å². The fourth-order valence-corrected chi connectivity index (χ4v) is 1.55. The minimum Gasteiger partial charge on any atom is -0.481 e. The number of aromatic nitrogens is 2. The molecule has 0 fully saturated rings. The van der Waals surface area contributed by atoms with Gasteiger partial charge < -0.3 is 9.67 Å². The number of aliphatic carboxylic acids is 1. The number of hydrogen-bond acceptors (Lipinski definition) is 3. The fraction of sp³-hybridized carbons (Fsp3) is 0.545. The maximum atomic E-state index is 11.9. The number of carbonyl (C=O) groups is 2. The van der Waals surface area contributed by atoms with Gasteiger partial charge in [-0.05, 0) is 6.42 Å². The molecule has 1 rings (SSSR count). The molecule has 0 spiro atoms. The van der Waals surface area contributed by atoms with Crippen molar-refractivity contribution < 1.29 is 14.7 Å². The van der Waals surface area contributed by atoms with Gasteiger partial charge in [-0.3, -0.25) is 9.59 Å². The van der Waals surface area contributed by atoms with Gasteiger partial charge >= 0.3 is 5.97 Å². The van der Waals surface area contributed by atoms with Crippen LogP contribution in [0.15, 0.2) is 12.5 Å². The molecule has 5 heteroatoms. The van der Waals surface area contributed by atoms with Gasteiger partial charge in [0.25, 0.3) is 0 Å². The molecule has 0 aliphatic heterocycles. The highest BCUT2D eigenvalue weighted by Crippen LogP contribution is 2.12. The quantitative estimate of drug-likeness (QED) is 0.745. The number of aryl methyl sites for hydroxylation is 1. The van der Waals surface area contributed by atoms with Crippen molar-refractivity contribution in [1.29, 1.82) is 0 Å². The third-order valence-electron chi connectivity index (χ3n) is 2.36. The second kappa shape index (κ2) is 5.44.